The maximum absolute atomic E-state index is 11.9. The summed E-state index contributed by atoms with van der Waals surface area (Å²) in [5.74, 6) is 0.408. The van der Waals surface area contributed by atoms with Crippen molar-refractivity contribution in [1.82, 2.24) is 0 Å². The van der Waals surface area contributed by atoms with Crippen LogP contribution in [0.5, 0.6) is 5.75 Å². The molecule has 4 heteroatoms. The summed E-state index contributed by atoms with van der Waals surface area (Å²) < 4.78 is 11.6. The minimum atomic E-state index is -1.18. The molecule has 1 unspecified atom stereocenters. The Hall–Kier alpha value is -2.33. The summed E-state index contributed by atoms with van der Waals surface area (Å²) in [5, 5.41) is 0. The Morgan fingerprint density at radius 1 is 1.00 bits per heavy atom. The molecule has 4 nitrogen and oxygen atoms in total. The van der Waals surface area contributed by atoms with E-state index in [0.717, 1.165) is 29.7 Å². The molecule has 0 radical (unpaired) electrons. The second-order valence-electron chi connectivity index (χ2n) is 6.16. The van der Waals surface area contributed by atoms with E-state index in [-0.39, 0.29) is 0 Å². The van der Waals surface area contributed by atoms with Crippen LogP contribution in [-0.4, -0.2) is 13.0 Å². The molecule has 134 valence electrons. The van der Waals surface area contributed by atoms with E-state index in [9.17, 15) is 4.79 Å². The molecular weight excluding hydrogens is 314 g/mol. The summed E-state index contributed by atoms with van der Waals surface area (Å²) in [6.07, 6.45) is 1.81. The largest absolute Gasteiger partial charge is 0.488 e. The Morgan fingerprint density at radius 3 is 2.08 bits per heavy atom. The molecule has 0 heterocycles. The number of hydrogen-bond acceptors (Lipinski definition) is 3. The number of carbonyl (C=O) groups excluding carboxylic acids is 1. The van der Waals surface area contributed by atoms with Gasteiger partial charge in [-0.1, -0.05) is 56.3 Å². The number of hydrogen-bond donors (Lipinski definition) is 1. The first-order chi connectivity index (χ1) is 12.0. The third kappa shape index (κ3) is 3.85. The Kier molecular flexibility index (Phi) is 6.21. The molecule has 0 aromatic heterocycles. The number of rotatable bonds is 8. The van der Waals surface area contributed by atoms with Crippen LogP contribution in [0.1, 0.15) is 43.0 Å². The second kappa shape index (κ2) is 8.17. The highest BCUT2D eigenvalue weighted by Gasteiger charge is 2.35. The number of methoxy groups -OCH3 is 1. The van der Waals surface area contributed by atoms with Gasteiger partial charge >= 0.3 is 0 Å². The van der Waals surface area contributed by atoms with Gasteiger partial charge in [-0.05, 0) is 42.0 Å². The van der Waals surface area contributed by atoms with Gasteiger partial charge in [-0.15, -0.1) is 0 Å². The van der Waals surface area contributed by atoms with E-state index >= 15 is 0 Å². The fourth-order valence-electron chi connectivity index (χ4n) is 2.99. The first-order valence-corrected chi connectivity index (χ1v) is 8.64. The number of aryl methyl sites for hydroxylation is 2. The van der Waals surface area contributed by atoms with Crippen molar-refractivity contribution in [3.8, 4) is 5.75 Å². The number of ether oxygens (including phenoxy) is 2. The monoisotopic (exact) mass is 341 g/mol. The van der Waals surface area contributed by atoms with Gasteiger partial charge < -0.3 is 15.2 Å². The van der Waals surface area contributed by atoms with Crippen LogP contribution in [0.25, 0.3) is 0 Å². The second-order valence-corrected chi connectivity index (χ2v) is 6.16. The minimum absolute atomic E-state index is 0.354. The summed E-state index contributed by atoms with van der Waals surface area (Å²) in [5.41, 5.74) is 8.38. The highest BCUT2D eigenvalue weighted by molar-refractivity contribution is 5.85. The van der Waals surface area contributed by atoms with Crippen LogP contribution in [0.4, 0.5) is 0 Å². The zero-order chi connectivity index (χ0) is 18.4. The summed E-state index contributed by atoms with van der Waals surface area (Å²) in [6, 6.07) is 13.8. The molecule has 0 aliphatic carbocycles. The maximum atomic E-state index is 11.9. The van der Waals surface area contributed by atoms with Gasteiger partial charge in [0.1, 0.15) is 12.4 Å². The van der Waals surface area contributed by atoms with Crippen LogP contribution in [0.15, 0.2) is 42.5 Å². The summed E-state index contributed by atoms with van der Waals surface area (Å²) in [7, 11) is 1.49. The molecule has 0 bridgehead atoms. The minimum Gasteiger partial charge on any atom is -0.488 e. The molecule has 0 aliphatic heterocycles. The molecule has 2 rings (SSSR count). The van der Waals surface area contributed by atoms with Gasteiger partial charge in [-0.25, -0.2) is 0 Å². The molecule has 1 atom stereocenters. The van der Waals surface area contributed by atoms with Crippen LogP contribution >= 0.6 is 0 Å². The first-order valence-electron chi connectivity index (χ1n) is 8.64. The van der Waals surface area contributed by atoms with E-state index in [1.54, 1.807) is 6.92 Å². The highest BCUT2D eigenvalue weighted by atomic mass is 16.5. The van der Waals surface area contributed by atoms with Crippen LogP contribution in [0.3, 0.4) is 0 Å². The highest BCUT2D eigenvalue weighted by Crippen LogP contribution is 2.30. The van der Waals surface area contributed by atoms with Crippen LogP contribution in [0.2, 0.25) is 0 Å². The molecule has 0 fully saturated rings. The van der Waals surface area contributed by atoms with Crippen molar-refractivity contribution in [2.45, 2.75) is 45.8 Å². The number of primary amides is 1. The standard InChI is InChI=1S/C21H27NO3/c1-5-15-11-9-12-16(6-2)19(15)25-14-17-10-7-8-13-18(17)21(3,24-4)20(22)23/h7-13H,5-6,14H2,1-4H3,(H2,22,23). The lowest BCUT2D eigenvalue weighted by Crippen LogP contribution is -2.41. The third-order valence-corrected chi connectivity index (χ3v) is 4.72. The van der Waals surface area contributed by atoms with E-state index in [4.69, 9.17) is 15.2 Å². The molecule has 2 aromatic rings. The average Bonchev–Trinajstić information content (AvgIpc) is 2.65. The number of amides is 1. The lowest BCUT2D eigenvalue weighted by Gasteiger charge is -2.27. The fourth-order valence-corrected chi connectivity index (χ4v) is 2.99. The predicted octanol–water partition coefficient (Wildman–Crippen LogP) is 3.74. The van der Waals surface area contributed by atoms with Crippen molar-refractivity contribution in [1.29, 1.82) is 0 Å². The number of nitrogens with two attached hydrogens (primary N) is 1. The van der Waals surface area contributed by atoms with E-state index < -0.39 is 11.5 Å². The van der Waals surface area contributed by atoms with Crippen molar-refractivity contribution in [2.24, 2.45) is 5.73 Å². The Labute approximate surface area is 150 Å². The lowest BCUT2D eigenvalue weighted by atomic mass is 9.90. The van der Waals surface area contributed by atoms with Gasteiger partial charge in [0.15, 0.2) is 5.60 Å². The molecule has 1 amide bonds. The summed E-state index contributed by atoms with van der Waals surface area (Å²) >= 11 is 0. The SMILES string of the molecule is CCc1cccc(CC)c1OCc1ccccc1C(C)(OC)C(N)=O. The van der Waals surface area contributed by atoms with Gasteiger partial charge in [-0.3, -0.25) is 4.79 Å². The molecule has 2 N–H and O–H groups in total. The Bertz CT molecular complexity index is 719. The van der Waals surface area contributed by atoms with Gasteiger partial charge in [0.2, 0.25) is 0 Å². The average molecular weight is 341 g/mol. The fraction of sp³-hybridized carbons (Fsp3) is 0.381. The maximum Gasteiger partial charge on any atom is 0.254 e. The topological polar surface area (TPSA) is 61.6 Å². The summed E-state index contributed by atoms with van der Waals surface area (Å²) in [6.45, 7) is 6.27. The van der Waals surface area contributed by atoms with E-state index in [1.807, 2.05) is 24.3 Å². The Morgan fingerprint density at radius 2 is 1.56 bits per heavy atom. The van der Waals surface area contributed by atoms with E-state index in [2.05, 4.69) is 32.0 Å². The third-order valence-electron chi connectivity index (χ3n) is 4.72. The predicted molar refractivity (Wildman–Crippen MR) is 99.5 cm³/mol. The van der Waals surface area contributed by atoms with Crippen LogP contribution in [-0.2, 0) is 34.6 Å². The van der Waals surface area contributed by atoms with Gasteiger partial charge in [0, 0.05) is 7.11 Å². The lowest BCUT2D eigenvalue weighted by molar-refractivity contribution is -0.139. The Balaban J connectivity index is 2.37. The number of carbonyl (C=O) groups is 1. The van der Waals surface area contributed by atoms with Gasteiger partial charge in [-0.2, -0.15) is 0 Å². The van der Waals surface area contributed by atoms with Crippen molar-refractivity contribution in [2.75, 3.05) is 7.11 Å². The molecule has 0 saturated carbocycles. The molecule has 0 aliphatic rings. The van der Waals surface area contributed by atoms with E-state index in [0.29, 0.717) is 6.61 Å². The number of para-hydroxylation sites is 1. The van der Waals surface area contributed by atoms with Crippen LogP contribution < -0.4 is 10.5 Å². The normalized spacial score (nSPS) is 13.3. The van der Waals surface area contributed by atoms with Crippen molar-refractivity contribution < 1.29 is 14.3 Å². The van der Waals surface area contributed by atoms with Gasteiger partial charge in [0.05, 0.1) is 0 Å². The quantitative estimate of drug-likeness (QED) is 0.795. The zero-order valence-corrected chi connectivity index (χ0v) is 15.5. The summed E-state index contributed by atoms with van der Waals surface area (Å²) in [4.78, 5) is 11.9. The molecular formula is C21H27NO3. The van der Waals surface area contributed by atoms with Crippen molar-refractivity contribution in [3.63, 3.8) is 0 Å². The molecule has 2 aromatic carbocycles. The van der Waals surface area contributed by atoms with Crippen molar-refractivity contribution >= 4 is 5.91 Å². The smallest absolute Gasteiger partial charge is 0.254 e. The molecule has 0 spiro atoms. The molecule has 25 heavy (non-hydrogen) atoms. The van der Waals surface area contributed by atoms with Crippen LogP contribution in [0, 0.1) is 0 Å². The van der Waals surface area contributed by atoms with Gasteiger partial charge in [0.25, 0.3) is 5.91 Å². The number of benzene rings is 2. The molecule has 0 saturated heterocycles. The first kappa shape index (κ1) is 19.0. The van der Waals surface area contributed by atoms with E-state index in [1.165, 1.54) is 18.2 Å². The zero-order valence-electron chi connectivity index (χ0n) is 15.5. The van der Waals surface area contributed by atoms with Crippen molar-refractivity contribution in [3.05, 3.63) is 64.7 Å².